The van der Waals surface area contributed by atoms with Gasteiger partial charge in [0, 0.05) is 18.7 Å². The van der Waals surface area contributed by atoms with E-state index in [0.29, 0.717) is 28.3 Å². The fraction of sp³-hybridized carbons (Fsp3) is 0.318. The SMILES string of the molecule is Cc1ccc(N2CC(C(=O)Nc3nnc(SCC(=O)NCc4ccco4)s3)CC2=O)cc1C. The normalized spacial score (nSPS) is 15.6. The van der Waals surface area contributed by atoms with Crippen molar-refractivity contribution in [1.29, 1.82) is 0 Å². The van der Waals surface area contributed by atoms with Crippen LogP contribution in [0.25, 0.3) is 0 Å². The van der Waals surface area contributed by atoms with Crippen LogP contribution in [-0.2, 0) is 20.9 Å². The van der Waals surface area contributed by atoms with Crippen molar-refractivity contribution in [1.82, 2.24) is 15.5 Å². The Morgan fingerprint density at radius 1 is 1.24 bits per heavy atom. The van der Waals surface area contributed by atoms with Gasteiger partial charge in [0.15, 0.2) is 4.34 Å². The Labute approximate surface area is 198 Å². The van der Waals surface area contributed by atoms with Crippen molar-refractivity contribution in [2.45, 2.75) is 31.2 Å². The largest absolute Gasteiger partial charge is 0.467 e. The van der Waals surface area contributed by atoms with E-state index >= 15 is 0 Å². The van der Waals surface area contributed by atoms with Crippen LogP contribution >= 0.6 is 23.1 Å². The lowest BCUT2D eigenvalue weighted by molar-refractivity contribution is -0.122. The maximum Gasteiger partial charge on any atom is 0.231 e. The molecule has 1 aliphatic rings. The number of furan rings is 1. The van der Waals surface area contributed by atoms with E-state index in [1.54, 1.807) is 23.3 Å². The zero-order valence-electron chi connectivity index (χ0n) is 18.2. The summed E-state index contributed by atoms with van der Waals surface area (Å²) in [6, 6.07) is 9.39. The molecule has 1 fully saturated rings. The number of nitrogens with zero attached hydrogens (tertiary/aromatic N) is 3. The molecule has 0 saturated carbocycles. The van der Waals surface area contributed by atoms with Crippen LogP contribution in [0.3, 0.4) is 0 Å². The number of hydrogen-bond donors (Lipinski definition) is 2. The van der Waals surface area contributed by atoms with E-state index in [9.17, 15) is 14.4 Å². The molecule has 1 aliphatic heterocycles. The lowest BCUT2D eigenvalue weighted by Gasteiger charge is -2.17. The topological polar surface area (TPSA) is 117 Å². The van der Waals surface area contributed by atoms with Gasteiger partial charge >= 0.3 is 0 Å². The third-order valence-electron chi connectivity index (χ3n) is 5.30. The minimum absolute atomic E-state index is 0.0764. The van der Waals surface area contributed by atoms with Crippen molar-refractivity contribution < 1.29 is 18.8 Å². The molecule has 2 aromatic heterocycles. The number of carbonyl (C=O) groups excluding carboxylic acids is 3. The number of amides is 3. The molecule has 0 bridgehead atoms. The maximum absolute atomic E-state index is 12.7. The molecule has 1 saturated heterocycles. The highest BCUT2D eigenvalue weighted by Crippen LogP contribution is 2.29. The number of aryl methyl sites for hydroxylation is 2. The Hall–Kier alpha value is -3.18. The molecule has 4 rings (SSSR count). The molecule has 0 spiro atoms. The molecular weight excluding hydrogens is 462 g/mol. The van der Waals surface area contributed by atoms with Gasteiger partial charge in [-0.05, 0) is 49.2 Å². The monoisotopic (exact) mass is 485 g/mol. The smallest absolute Gasteiger partial charge is 0.231 e. The Morgan fingerprint density at radius 3 is 2.85 bits per heavy atom. The molecule has 9 nitrogen and oxygen atoms in total. The summed E-state index contributed by atoms with van der Waals surface area (Å²) in [5.74, 6) is -0.118. The summed E-state index contributed by atoms with van der Waals surface area (Å²) in [6.45, 7) is 4.66. The van der Waals surface area contributed by atoms with Crippen LogP contribution in [0.1, 0.15) is 23.3 Å². The average Bonchev–Trinajstić information content (AvgIpc) is 3.54. The van der Waals surface area contributed by atoms with E-state index < -0.39 is 5.92 Å². The van der Waals surface area contributed by atoms with Crippen LogP contribution in [-0.4, -0.2) is 40.2 Å². The van der Waals surface area contributed by atoms with Gasteiger partial charge in [-0.3, -0.25) is 14.4 Å². The second-order valence-electron chi connectivity index (χ2n) is 7.68. The zero-order valence-corrected chi connectivity index (χ0v) is 19.8. The summed E-state index contributed by atoms with van der Waals surface area (Å²) in [5.41, 5.74) is 3.06. The molecule has 3 heterocycles. The molecule has 172 valence electrons. The van der Waals surface area contributed by atoms with E-state index in [1.807, 2.05) is 32.0 Å². The van der Waals surface area contributed by atoms with E-state index in [2.05, 4.69) is 20.8 Å². The number of rotatable bonds is 8. The molecule has 1 unspecified atom stereocenters. The van der Waals surface area contributed by atoms with Gasteiger partial charge in [-0.15, -0.1) is 10.2 Å². The van der Waals surface area contributed by atoms with Crippen molar-refractivity contribution in [2.75, 3.05) is 22.5 Å². The highest BCUT2D eigenvalue weighted by atomic mass is 32.2. The molecule has 33 heavy (non-hydrogen) atoms. The van der Waals surface area contributed by atoms with Crippen molar-refractivity contribution >= 4 is 51.6 Å². The second-order valence-corrected chi connectivity index (χ2v) is 9.88. The maximum atomic E-state index is 12.7. The van der Waals surface area contributed by atoms with E-state index in [1.165, 1.54) is 23.1 Å². The number of benzene rings is 1. The van der Waals surface area contributed by atoms with E-state index in [-0.39, 0.29) is 29.9 Å². The minimum atomic E-state index is -0.466. The van der Waals surface area contributed by atoms with Crippen LogP contribution in [0.4, 0.5) is 10.8 Å². The molecule has 0 radical (unpaired) electrons. The van der Waals surface area contributed by atoms with Gasteiger partial charge in [-0.2, -0.15) is 0 Å². The van der Waals surface area contributed by atoms with E-state index in [0.717, 1.165) is 16.8 Å². The van der Waals surface area contributed by atoms with E-state index in [4.69, 9.17) is 4.42 Å². The quantitative estimate of drug-likeness (QED) is 0.372. The molecule has 3 aromatic rings. The van der Waals surface area contributed by atoms with Crippen molar-refractivity contribution in [3.63, 3.8) is 0 Å². The molecular formula is C22H23N5O4S2. The van der Waals surface area contributed by atoms with Crippen LogP contribution in [0, 0.1) is 19.8 Å². The van der Waals surface area contributed by atoms with Crippen molar-refractivity contribution in [2.24, 2.45) is 5.92 Å². The highest BCUT2D eigenvalue weighted by Gasteiger charge is 2.35. The molecule has 2 N–H and O–H groups in total. The molecule has 3 amide bonds. The van der Waals surface area contributed by atoms with Crippen LogP contribution in [0.2, 0.25) is 0 Å². The fourth-order valence-corrected chi connectivity index (χ4v) is 4.91. The Morgan fingerprint density at radius 2 is 2.09 bits per heavy atom. The van der Waals surface area contributed by atoms with Crippen LogP contribution in [0.15, 0.2) is 45.4 Å². The van der Waals surface area contributed by atoms with Gasteiger partial charge in [0.05, 0.1) is 24.5 Å². The summed E-state index contributed by atoms with van der Waals surface area (Å²) >= 11 is 2.43. The van der Waals surface area contributed by atoms with Gasteiger partial charge in [-0.1, -0.05) is 29.2 Å². The first-order chi connectivity index (χ1) is 15.9. The second kappa shape index (κ2) is 10.2. The first-order valence-electron chi connectivity index (χ1n) is 10.3. The third kappa shape index (κ3) is 5.79. The van der Waals surface area contributed by atoms with Gasteiger partial charge in [0.1, 0.15) is 5.76 Å². The van der Waals surface area contributed by atoms with Gasteiger partial charge in [-0.25, -0.2) is 0 Å². The van der Waals surface area contributed by atoms with Crippen LogP contribution < -0.4 is 15.5 Å². The Bertz CT molecular complexity index is 1160. The number of nitrogens with one attached hydrogen (secondary N) is 2. The first kappa shape index (κ1) is 23.0. The predicted octanol–water partition coefficient (Wildman–Crippen LogP) is 3.15. The number of hydrogen-bond acceptors (Lipinski definition) is 8. The number of carbonyl (C=O) groups is 3. The van der Waals surface area contributed by atoms with Crippen LogP contribution in [0.5, 0.6) is 0 Å². The third-order valence-corrected chi connectivity index (χ3v) is 7.27. The zero-order chi connectivity index (χ0) is 23.4. The summed E-state index contributed by atoms with van der Waals surface area (Å²) in [4.78, 5) is 38.8. The lowest BCUT2D eigenvalue weighted by Crippen LogP contribution is -2.28. The average molecular weight is 486 g/mol. The molecule has 1 aromatic carbocycles. The number of aromatic nitrogens is 2. The molecule has 1 atom stereocenters. The first-order valence-corrected chi connectivity index (χ1v) is 12.1. The molecule has 0 aliphatic carbocycles. The summed E-state index contributed by atoms with van der Waals surface area (Å²) < 4.78 is 5.74. The Balaban J connectivity index is 1.26. The summed E-state index contributed by atoms with van der Waals surface area (Å²) in [5, 5.41) is 13.8. The van der Waals surface area contributed by atoms with Gasteiger partial charge in [0.2, 0.25) is 22.9 Å². The van der Waals surface area contributed by atoms with Gasteiger partial charge < -0.3 is 20.0 Å². The van der Waals surface area contributed by atoms with Crippen molar-refractivity contribution in [3.8, 4) is 0 Å². The number of thioether (sulfide) groups is 1. The fourth-order valence-electron chi connectivity index (χ4n) is 3.33. The predicted molar refractivity (Wildman–Crippen MR) is 126 cm³/mol. The van der Waals surface area contributed by atoms with Gasteiger partial charge in [0.25, 0.3) is 0 Å². The summed E-state index contributed by atoms with van der Waals surface area (Å²) in [7, 11) is 0. The van der Waals surface area contributed by atoms with Crippen molar-refractivity contribution in [3.05, 3.63) is 53.5 Å². The standard InChI is InChI=1S/C22H23N5O4S2/c1-13-5-6-16(8-14(13)2)27-11-15(9-19(27)29)20(30)24-21-25-26-22(33-21)32-12-18(28)23-10-17-4-3-7-31-17/h3-8,15H,9-12H2,1-2H3,(H,23,28)(H,24,25,30). The lowest BCUT2D eigenvalue weighted by atomic mass is 10.1. The summed E-state index contributed by atoms with van der Waals surface area (Å²) in [6.07, 6.45) is 1.70. The minimum Gasteiger partial charge on any atom is -0.467 e. The number of anilines is 2. The molecule has 11 heteroatoms. The highest BCUT2D eigenvalue weighted by molar-refractivity contribution is 8.01. The Kier molecular flexibility index (Phi) is 7.09.